The molecule has 0 radical (unpaired) electrons. The molecular formula is C18H21FN2O2. The number of fused-ring (bicyclic) bond motifs is 1. The van der Waals surface area contributed by atoms with E-state index in [4.69, 9.17) is 4.74 Å². The summed E-state index contributed by atoms with van der Waals surface area (Å²) in [7, 11) is 0. The maximum absolute atomic E-state index is 12.9. The van der Waals surface area contributed by atoms with Gasteiger partial charge in [0.15, 0.2) is 0 Å². The van der Waals surface area contributed by atoms with Crippen LogP contribution in [0.4, 0.5) is 4.39 Å². The summed E-state index contributed by atoms with van der Waals surface area (Å²) in [6.45, 7) is 4.41. The van der Waals surface area contributed by atoms with E-state index in [0.717, 1.165) is 23.3 Å². The Morgan fingerprint density at radius 1 is 1.26 bits per heavy atom. The normalized spacial score (nSPS) is 22.3. The Balaban J connectivity index is 1.72. The van der Waals surface area contributed by atoms with Gasteiger partial charge in [0.1, 0.15) is 23.3 Å². The molecule has 3 rings (SSSR count). The fourth-order valence-corrected chi connectivity index (χ4v) is 2.88. The van der Waals surface area contributed by atoms with E-state index in [1.54, 1.807) is 24.5 Å². The highest BCUT2D eigenvalue weighted by atomic mass is 19.1. The topological polar surface area (TPSA) is 54.4 Å². The third-order valence-corrected chi connectivity index (χ3v) is 4.24. The minimum absolute atomic E-state index is 0.233. The van der Waals surface area contributed by atoms with Crippen LogP contribution in [0.3, 0.4) is 0 Å². The molecule has 0 saturated carbocycles. The molecule has 1 aliphatic heterocycles. The van der Waals surface area contributed by atoms with Crippen molar-refractivity contribution >= 4 is 0 Å². The lowest BCUT2D eigenvalue weighted by Gasteiger charge is -2.42. The second-order valence-corrected chi connectivity index (χ2v) is 6.37. The van der Waals surface area contributed by atoms with Crippen LogP contribution in [0.15, 0.2) is 42.7 Å². The van der Waals surface area contributed by atoms with Crippen molar-refractivity contribution in [2.24, 2.45) is 0 Å². The number of halogens is 1. The van der Waals surface area contributed by atoms with E-state index in [1.165, 1.54) is 12.1 Å². The highest BCUT2D eigenvalue weighted by molar-refractivity contribution is 5.37. The predicted octanol–water partition coefficient (Wildman–Crippen LogP) is 2.63. The molecule has 23 heavy (non-hydrogen) atoms. The number of nitrogens with one attached hydrogen (secondary N) is 1. The van der Waals surface area contributed by atoms with Crippen molar-refractivity contribution in [3.05, 3.63) is 59.7 Å². The summed E-state index contributed by atoms with van der Waals surface area (Å²) < 4.78 is 18.8. The van der Waals surface area contributed by atoms with Crippen LogP contribution in [0.2, 0.25) is 0 Å². The fourth-order valence-electron chi connectivity index (χ4n) is 2.88. The van der Waals surface area contributed by atoms with E-state index in [-0.39, 0.29) is 11.9 Å². The SMILES string of the molecule is CC1(C)Oc2ccncc2[C@H](NCCc2ccc(F)cc2)[C@H]1O. The maximum atomic E-state index is 12.9. The van der Waals surface area contributed by atoms with Crippen molar-refractivity contribution in [2.75, 3.05) is 6.54 Å². The standard InChI is InChI=1S/C18H21FN2O2/c1-18(2)17(22)16(14-11-20-9-8-15(14)23-18)21-10-7-12-3-5-13(19)6-4-12/h3-6,8-9,11,16-17,21-22H,7,10H2,1-2H3/t16-,17+/m0/s1. The van der Waals surface area contributed by atoms with Crippen LogP contribution in [-0.4, -0.2) is 28.3 Å². The number of pyridine rings is 1. The van der Waals surface area contributed by atoms with Gasteiger partial charge in [0.05, 0.1) is 6.04 Å². The third-order valence-electron chi connectivity index (χ3n) is 4.24. The molecule has 4 nitrogen and oxygen atoms in total. The van der Waals surface area contributed by atoms with Crippen LogP contribution in [0.5, 0.6) is 5.75 Å². The van der Waals surface area contributed by atoms with Crippen LogP contribution < -0.4 is 10.1 Å². The molecule has 1 aromatic carbocycles. The molecular weight excluding hydrogens is 295 g/mol. The average Bonchev–Trinajstić information content (AvgIpc) is 2.52. The van der Waals surface area contributed by atoms with E-state index in [9.17, 15) is 9.50 Å². The lowest BCUT2D eigenvalue weighted by Crippen LogP contribution is -2.52. The molecule has 5 heteroatoms. The summed E-state index contributed by atoms with van der Waals surface area (Å²) in [5.74, 6) is 0.512. The Kier molecular flexibility index (Phi) is 4.33. The molecule has 0 unspecified atom stereocenters. The van der Waals surface area contributed by atoms with Crippen molar-refractivity contribution in [1.29, 1.82) is 0 Å². The summed E-state index contributed by atoms with van der Waals surface area (Å²) in [6, 6.07) is 8.04. The van der Waals surface area contributed by atoms with Gasteiger partial charge in [-0.2, -0.15) is 0 Å². The average molecular weight is 316 g/mol. The van der Waals surface area contributed by atoms with Crippen molar-refractivity contribution in [1.82, 2.24) is 10.3 Å². The molecule has 0 spiro atoms. The van der Waals surface area contributed by atoms with Gasteiger partial charge < -0.3 is 15.2 Å². The zero-order chi connectivity index (χ0) is 16.4. The third kappa shape index (κ3) is 3.35. The highest BCUT2D eigenvalue weighted by Crippen LogP contribution is 2.38. The first-order chi connectivity index (χ1) is 11.0. The van der Waals surface area contributed by atoms with Gasteiger partial charge in [-0.3, -0.25) is 4.98 Å². The van der Waals surface area contributed by atoms with Crippen LogP contribution in [0, 0.1) is 5.82 Å². The van der Waals surface area contributed by atoms with E-state index < -0.39 is 11.7 Å². The molecule has 1 aromatic heterocycles. The van der Waals surface area contributed by atoms with Crippen molar-refractivity contribution in [3.63, 3.8) is 0 Å². The Bertz CT molecular complexity index is 673. The molecule has 2 atom stereocenters. The second kappa shape index (κ2) is 6.26. The number of rotatable bonds is 4. The molecule has 2 aromatic rings. The van der Waals surface area contributed by atoms with Crippen LogP contribution >= 0.6 is 0 Å². The van der Waals surface area contributed by atoms with Gasteiger partial charge >= 0.3 is 0 Å². The number of hydrogen-bond acceptors (Lipinski definition) is 4. The lowest BCUT2D eigenvalue weighted by atomic mass is 9.87. The second-order valence-electron chi connectivity index (χ2n) is 6.37. The van der Waals surface area contributed by atoms with Gasteiger partial charge in [-0.1, -0.05) is 12.1 Å². The smallest absolute Gasteiger partial charge is 0.131 e. The Morgan fingerprint density at radius 3 is 2.74 bits per heavy atom. The van der Waals surface area contributed by atoms with Crippen molar-refractivity contribution in [2.45, 2.75) is 38.0 Å². The molecule has 2 N–H and O–H groups in total. The molecule has 1 aliphatic rings. The molecule has 0 aliphatic carbocycles. The van der Waals surface area contributed by atoms with Crippen LogP contribution in [0.1, 0.15) is 31.0 Å². The maximum Gasteiger partial charge on any atom is 0.131 e. The number of hydrogen-bond donors (Lipinski definition) is 2. The largest absolute Gasteiger partial charge is 0.485 e. The number of nitrogens with zero attached hydrogens (tertiary/aromatic N) is 1. The highest BCUT2D eigenvalue weighted by Gasteiger charge is 2.42. The molecule has 0 fully saturated rings. The van der Waals surface area contributed by atoms with Gasteiger partial charge in [-0.15, -0.1) is 0 Å². The summed E-state index contributed by atoms with van der Waals surface area (Å²) in [5.41, 5.74) is 1.23. The van der Waals surface area contributed by atoms with E-state index in [0.29, 0.717) is 6.54 Å². The number of aliphatic hydroxyl groups is 1. The Labute approximate surface area is 135 Å². The predicted molar refractivity (Wildman–Crippen MR) is 85.8 cm³/mol. The van der Waals surface area contributed by atoms with E-state index in [2.05, 4.69) is 10.3 Å². The Morgan fingerprint density at radius 2 is 2.00 bits per heavy atom. The molecule has 0 amide bonds. The number of aromatic nitrogens is 1. The number of ether oxygens (including phenoxy) is 1. The first kappa shape index (κ1) is 15.9. The van der Waals surface area contributed by atoms with Gasteiger partial charge in [0.25, 0.3) is 0 Å². The quantitative estimate of drug-likeness (QED) is 0.910. The monoisotopic (exact) mass is 316 g/mol. The molecule has 2 heterocycles. The molecule has 122 valence electrons. The van der Waals surface area contributed by atoms with Crippen molar-refractivity contribution in [3.8, 4) is 5.75 Å². The molecule has 0 saturated heterocycles. The summed E-state index contributed by atoms with van der Waals surface area (Å²) in [6.07, 6.45) is 3.47. The zero-order valence-corrected chi connectivity index (χ0v) is 13.3. The first-order valence-corrected chi connectivity index (χ1v) is 7.76. The number of aliphatic hydroxyl groups excluding tert-OH is 1. The lowest BCUT2D eigenvalue weighted by molar-refractivity contribution is -0.0645. The summed E-state index contributed by atoms with van der Waals surface area (Å²) in [4.78, 5) is 4.13. The minimum Gasteiger partial charge on any atom is -0.485 e. The first-order valence-electron chi connectivity index (χ1n) is 7.76. The molecule has 0 bridgehead atoms. The summed E-state index contributed by atoms with van der Waals surface area (Å²) >= 11 is 0. The van der Waals surface area contributed by atoms with E-state index >= 15 is 0 Å². The van der Waals surface area contributed by atoms with Gasteiger partial charge in [-0.25, -0.2) is 4.39 Å². The van der Waals surface area contributed by atoms with Gasteiger partial charge in [0, 0.05) is 18.0 Å². The van der Waals surface area contributed by atoms with E-state index in [1.807, 2.05) is 19.9 Å². The van der Waals surface area contributed by atoms with Gasteiger partial charge in [-0.05, 0) is 50.6 Å². The zero-order valence-electron chi connectivity index (χ0n) is 13.3. The van der Waals surface area contributed by atoms with Crippen molar-refractivity contribution < 1.29 is 14.2 Å². The number of benzene rings is 1. The summed E-state index contributed by atoms with van der Waals surface area (Å²) in [5, 5.41) is 14.0. The Hall–Kier alpha value is -1.98. The van der Waals surface area contributed by atoms with Crippen LogP contribution in [-0.2, 0) is 6.42 Å². The van der Waals surface area contributed by atoms with Crippen LogP contribution in [0.25, 0.3) is 0 Å². The fraction of sp³-hybridized carbons (Fsp3) is 0.389. The van der Waals surface area contributed by atoms with Gasteiger partial charge in [0.2, 0.25) is 0 Å². The minimum atomic E-state index is -0.688.